The van der Waals surface area contributed by atoms with Gasteiger partial charge in [0.25, 0.3) is 5.91 Å². The van der Waals surface area contributed by atoms with Gasteiger partial charge in [0, 0.05) is 37.3 Å². The molecule has 3 N–H and O–H groups in total. The number of nitrogens with one attached hydrogen (secondary N) is 1. The minimum absolute atomic E-state index is 0. The Kier molecular flexibility index (Phi) is 11.6. The van der Waals surface area contributed by atoms with Gasteiger partial charge in [-0.3, -0.25) is 9.69 Å². The first-order valence-corrected chi connectivity index (χ1v) is 9.70. The van der Waals surface area contributed by atoms with Crippen molar-refractivity contribution in [1.29, 1.82) is 0 Å². The predicted molar refractivity (Wildman–Crippen MR) is 121 cm³/mol. The Labute approximate surface area is 182 Å². The molecule has 1 aromatic rings. The second-order valence-electron chi connectivity index (χ2n) is 8.47. The van der Waals surface area contributed by atoms with Gasteiger partial charge in [-0.15, -0.1) is 24.8 Å². The van der Waals surface area contributed by atoms with E-state index in [9.17, 15) is 4.79 Å². The van der Waals surface area contributed by atoms with Crippen molar-refractivity contribution in [2.24, 2.45) is 11.7 Å². The number of benzene rings is 1. The summed E-state index contributed by atoms with van der Waals surface area (Å²) < 4.78 is 5.78. The van der Waals surface area contributed by atoms with E-state index in [1.807, 2.05) is 31.2 Å². The molecular formula is C21H37Cl2N3O2. The Bertz CT molecular complexity index is 588. The normalized spacial score (nSPS) is 22.0. The molecule has 0 bridgehead atoms. The molecule has 1 aromatic carbocycles. The van der Waals surface area contributed by atoms with Gasteiger partial charge >= 0.3 is 0 Å². The van der Waals surface area contributed by atoms with Crippen LogP contribution in [0.1, 0.15) is 57.0 Å². The molecule has 0 aromatic heterocycles. The van der Waals surface area contributed by atoms with Crippen molar-refractivity contribution in [2.75, 3.05) is 19.6 Å². The van der Waals surface area contributed by atoms with E-state index in [1.165, 1.54) is 5.56 Å². The fourth-order valence-corrected chi connectivity index (χ4v) is 3.87. The fraction of sp³-hybridized carbons (Fsp3) is 0.667. The highest BCUT2D eigenvalue weighted by atomic mass is 35.5. The lowest BCUT2D eigenvalue weighted by Crippen LogP contribution is -2.52. The summed E-state index contributed by atoms with van der Waals surface area (Å²) in [7, 11) is 0. The molecular weight excluding hydrogens is 397 g/mol. The van der Waals surface area contributed by atoms with Crippen molar-refractivity contribution in [2.45, 2.75) is 65.3 Å². The van der Waals surface area contributed by atoms with Crippen LogP contribution in [0.3, 0.4) is 0 Å². The Morgan fingerprint density at radius 2 is 1.75 bits per heavy atom. The molecule has 162 valence electrons. The monoisotopic (exact) mass is 433 g/mol. The summed E-state index contributed by atoms with van der Waals surface area (Å²) >= 11 is 0. The van der Waals surface area contributed by atoms with Crippen LogP contribution in [0.2, 0.25) is 0 Å². The van der Waals surface area contributed by atoms with Crippen molar-refractivity contribution < 1.29 is 9.53 Å². The first-order chi connectivity index (χ1) is 12.2. The van der Waals surface area contributed by atoms with Crippen molar-refractivity contribution >= 4 is 30.7 Å². The first-order valence-electron chi connectivity index (χ1n) is 9.70. The number of hydrogen-bond acceptors (Lipinski definition) is 4. The molecule has 3 atom stereocenters. The second kappa shape index (κ2) is 12.0. The zero-order valence-electron chi connectivity index (χ0n) is 17.7. The zero-order chi connectivity index (χ0) is 19.3. The highest BCUT2D eigenvalue weighted by Crippen LogP contribution is 2.17. The fourth-order valence-electron chi connectivity index (χ4n) is 3.87. The summed E-state index contributed by atoms with van der Waals surface area (Å²) in [4.78, 5) is 15.0. The van der Waals surface area contributed by atoms with E-state index in [4.69, 9.17) is 10.5 Å². The number of morpholine rings is 1. The van der Waals surface area contributed by atoms with Gasteiger partial charge in [-0.25, -0.2) is 0 Å². The van der Waals surface area contributed by atoms with E-state index in [2.05, 4.69) is 37.9 Å². The van der Waals surface area contributed by atoms with Gasteiger partial charge in [0.05, 0.1) is 12.2 Å². The third kappa shape index (κ3) is 8.26. The molecule has 7 heteroatoms. The molecule has 5 nitrogen and oxygen atoms in total. The van der Waals surface area contributed by atoms with Crippen LogP contribution in [-0.2, 0) is 11.3 Å². The topological polar surface area (TPSA) is 67.6 Å². The van der Waals surface area contributed by atoms with Crippen molar-refractivity contribution in [3.63, 3.8) is 0 Å². The van der Waals surface area contributed by atoms with Gasteiger partial charge in [0.15, 0.2) is 0 Å². The molecule has 1 fully saturated rings. The lowest BCUT2D eigenvalue weighted by molar-refractivity contribution is -0.0704. The van der Waals surface area contributed by atoms with Crippen LogP contribution in [0.5, 0.6) is 0 Å². The number of amides is 1. The second-order valence-corrected chi connectivity index (χ2v) is 8.47. The highest BCUT2D eigenvalue weighted by molar-refractivity contribution is 5.94. The predicted octanol–water partition coefficient (Wildman–Crippen LogP) is 3.63. The molecule has 1 aliphatic heterocycles. The Morgan fingerprint density at radius 3 is 2.21 bits per heavy atom. The molecule has 0 saturated carbocycles. The maximum Gasteiger partial charge on any atom is 0.251 e. The number of ether oxygens (including phenoxy) is 1. The van der Waals surface area contributed by atoms with Gasteiger partial charge in [-0.1, -0.05) is 26.0 Å². The van der Waals surface area contributed by atoms with Crippen LogP contribution in [0, 0.1) is 5.92 Å². The molecule has 1 aliphatic rings. The van der Waals surface area contributed by atoms with Gasteiger partial charge in [-0.2, -0.15) is 0 Å². The van der Waals surface area contributed by atoms with Gasteiger partial charge in [-0.05, 0) is 50.8 Å². The third-order valence-electron chi connectivity index (χ3n) is 4.84. The molecule has 0 aliphatic carbocycles. The van der Waals surface area contributed by atoms with E-state index in [0.29, 0.717) is 18.0 Å². The molecule has 28 heavy (non-hydrogen) atoms. The number of nitrogens with two attached hydrogens (primary N) is 1. The SMILES string of the molecule is CC(C)CC(C)(CN)NC(=O)c1ccc(CN2CC(C)OC(C)C2)cc1.Cl.Cl. The van der Waals surface area contributed by atoms with Crippen LogP contribution < -0.4 is 11.1 Å². The highest BCUT2D eigenvalue weighted by Gasteiger charge is 2.26. The quantitative estimate of drug-likeness (QED) is 0.688. The largest absolute Gasteiger partial charge is 0.373 e. The van der Waals surface area contributed by atoms with Gasteiger partial charge < -0.3 is 15.8 Å². The summed E-state index contributed by atoms with van der Waals surface area (Å²) in [6, 6.07) is 7.90. The zero-order valence-corrected chi connectivity index (χ0v) is 19.4. The molecule has 3 unspecified atom stereocenters. The maximum atomic E-state index is 12.6. The average molecular weight is 434 g/mol. The average Bonchev–Trinajstić information content (AvgIpc) is 2.53. The summed E-state index contributed by atoms with van der Waals surface area (Å²) in [5.41, 5.74) is 7.43. The third-order valence-corrected chi connectivity index (χ3v) is 4.84. The van der Waals surface area contributed by atoms with Crippen LogP contribution >= 0.6 is 24.8 Å². The minimum Gasteiger partial charge on any atom is -0.373 e. The number of hydrogen-bond donors (Lipinski definition) is 2. The standard InChI is InChI=1S/C21H35N3O2.2ClH/c1-15(2)10-21(5,14-22)23-20(25)19-8-6-18(7-9-19)13-24-11-16(3)26-17(4)12-24;;/h6-9,15-17H,10-14,22H2,1-5H3,(H,23,25);2*1H. The van der Waals surface area contributed by atoms with E-state index in [-0.39, 0.29) is 48.5 Å². The molecule has 1 saturated heterocycles. The number of nitrogens with zero attached hydrogens (tertiary/aromatic N) is 1. The Hall–Kier alpha value is -0.850. The minimum atomic E-state index is -0.371. The summed E-state index contributed by atoms with van der Waals surface area (Å²) in [6.45, 7) is 13.7. The molecule has 0 spiro atoms. The Balaban J connectivity index is 0.00000364. The summed E-state index contributed by atoms with van der Waals surface area (Å²) in [5.74, 6) is 0.420. The Morgan fingerprint density at radius 1 is 1.21 bits per heavy atom. The first kappa shape index (κ1) is 27.1. The molecule has 0 radical (unpaired) electrons. The molecule has 1 amide bonds. The summed E-state index contributed by atoms with van der Waals surface area (Å²) in [5, 5.41) is 3.11. The molecule has 1 heterocycles. The smallest absolute Gasteiger partial charge is 0.251 e. The van der Waals surface area contributed by atoms with Crippen molar-refractivity contribution in [3.05, 3.63) is 35.4 Å². The number of halogens is 2. The van der Waals surface area contributed by atoms with E-state index >= 15 is 0 Å². The van der Waals surface area contributed by atoms with Crippen molar-refractivity contribution in [3.8, 4) is 0 Å². The molecule has 2 rings (SSSR count). The number of carbonyl (C=O) groups excluding carboxylic acids is 1. The van der Waals surface area contributed by atoms with Crippen LogP contribution in [0.25, 0.3) is 0 Å². The van der Waals surface area contributed by atoms with Gasteiger partial charge in [0.1, 0.15) is 0 Å². The summed E-state index contributed by atoms with van der Waals surface area (Å²) in [6.07, 6.45) is 1.39. The van der Waals surface area contributed by atoms with Crippen LogP contribution in [0.4, 0.5) is 0 Å². The van der Waals surface area contributed by atoms with Crippen LogP contribution in [0.15, 0.2) is 24.3 Å². The lowest BCUT2D eigenvalue weighted by Gasteiger charge is -2.35. The van der Waals surface area contributed by atoms with E-state index in [0.717, 1.165) is 26.1 Å². The maximum absolute atomic E-state index is 12.6. The van der Waals surface area contributed by atoms with E-state index in [1.54, 1.807) is 0 Å². The van der Waals surface area contributed by atoms with Crippen LogP contribution in [-0.4, -0.2) is 48.2 Å². The number of carbonyl (C=O) groups is 1. The van der Waals surface area contributed by atoms with Gasteiger partial charge in [0.2, 0.25) is 0 Å². The van der Waals surface area contributed by atoms with E-state index < -0.39 is 0 Å². The number of rotatable bonds is 7. The van der Waals surface area contributed by atoms with Crippen molar-refractivity contribution in [1.82, 2.24) is 10.2 Å². The lowest BCUT2D eigenvalue weighted by atomic mass is 9.90.